The van der Waals surface area contributed by atoms with Crippen molar-refractivity contribution in [2.45, 2.75) is 6.92 Å². The molecule has 7 heteroatoms. The van der Waals surface area contributed by atoms with Crippen LogP contribution in [0.4, 0.5) is 0 Å². The van der Waals surface area contributed by atoms with Crippen LogP contribution in [0.2, 0.25) is 0 Å². The molecule has 2 aromatic rings. The Hall–Kier alpha value is -2.12. The van der Waals surface area contributed by atoms with Crippen LogP contribution in [-0.2, 0) is 10.2 Å². The Morgan fingerprint density at radius 2 is 2.00 bits per heavy atom. The third kappa shape index (κ3) is 2.59. The van der Waals surface area contributed by atoms with E-state index < -0.39 is 10.2 Å². The summed E-state index contributed by atoms with van der Waals surface area (Å²) >= 11 is 0. The lowest BCUT2D eigenvalue weighted by Crippen LogP contribution is -2.22. The van der Waals surface area contributed by atoms with Gasteiger partial charge in [-0.15, -0.1) is 0 Å². The molecule has 0 atom stereocenters. The predicted molar refractivity (Wildman–Crippen MR) is 76.5 cm³/mol. The van der Waals surface area contributed by atoms with Crippen LogP contribution in [0.5, 0.6) is 0 Å². The molecule has 0 radical (unpaired) electrons. The van der Waals surface area contributed by atoms with Crippen molar-refractivity contribution in [3.63, 3.8) is 0 Å². The highest BCUT2D eigenvalue weighted by Crippen LogP contribution is 2.25. The van der Waals surface area contributed by atoms with E-state index in [1.54, 1.807) is 38.2 Å². The molecule has 6 nitrogen and oxygen atoms in total. The lowest BCUT2D eigenvalue weighted by molar-refractivity contribution is 0.0963. The molecular weight excluding hydrogens is 278 g/mol. The maximum absolute atomic E-state index is 11.6. The van der Waals surface area contributed by atoms with Gasteiger partial charge in [0.2, 0.25) is 0 Å². The quantitative estimate of drug-likeness (QED) is 0.879. The van der Waals surface area contributed by atoms with E-state index in [2.05, 4.69) is 5.32 Å². The van der Waals surface area contributed by atoms with E-state index in [-0.39, 0.29) is 5.91 Å². The van der Waals surface area contributed by atoms with Crippen molar-refractivity contribution in [1.82, 2.24) is 9.29 Å². The first-order valence-corrected chi connectivity index (χ1v) is 7.38. The molecule has 20 heavy (non-hydrogen) atoms. The topological polar surface area (TPSA) is 94.2 Å². The summed E-state index contributed by atoms with van der Waals surface area (Å²) in [6.45, 7) is 1.66. The number of nitrogens with zero attached hydrogens (tertiary/aromatic N) is 1. The monoisotopic (exact) mass is 293 g/mol. The molecule has 1 amide bonds. The summed E-state index contributed by atoms with van der Waals surface area (Å²) in [6, 6.07) is 8.60. The number of carbonyl (C=O) groups excluding carboxylic acids is 1. The Bertz CT molecular complexity index is 763. The molecule has 0 spiro atoms. The van der Waals surface area contributed by atoms with Gasteiger partial charge in [-0.3, -0.25) is 4.79 Å². The van der Waals surface area contributed by atoms with E-state index in [4.69, 9.17) is 5.14 Å². The van der Waals surface area contributed by atoms with E-state index >= 15 is 0 Å². The van der Waals surface area contributed by atoms with E-state index in [0.29, 0.717) is 16.8 Å². The normalized spacial score (nSPS) is 11.3. The lowest BCUT2D eigenvalue weighted by Gasteiger charge is -2.06. The fourth-order valence-electron chi connectivity index (χ4n) is 2.05. The van der Waals surface area contributed by atoms with Crippen LogP contribution >= 0.6 is 0 Å². The predicted octanol–water partition coefficient (Wildman–Crippen LogP) is 0.875. The van der Waals surface area contributed by atoms with E-state index in [1.807, 2.05) is 6.07 Å². The third-order valence-corrected chi connectivity index (χ3v) is 3.98. The summed E-state index contributed by atoms with van der Waals surface area (Å²) in [6.07, 6.45) is 1.40. The van der Waals surface area contributed by atoms with Gasteiger partial charge in [-0.05, 0) is 30.7 Å². The summed E-state index contributed by atoms with van der Waals surface area (Å²) in [5, 5.41) is 7.66. The van der Waals surface area contributed by atoms with Crippen LogP contribution < -0.4 is 10.5 Å². The molecule has 1 aromatic carbocycles. The largest absolute Gasteiger partial charge is 0.355 e. The van der Waals surface area contributed by atoms with Gasteiger partial charge in [-0.2, -0.15) is 8.42 Å². The van der Waals surface area contributed by atoms with Gasteiger partial charge in [0.05, 0.1) is 0 Å². The minimum Gasteiger partial charge on any atom is -0.355 e. The molecule has 0 saturated heterocycles. The second-order valence-corrected chi connectivity index (χ2v) is 5.74. The first-order chi connectivity index (χ1) is 9.34. The van der Waals surface area contributed by atoms with Crippen molar-refractivity contribution in [3.8, 4) is 11.1 Å². The number of hydrogen-bond acceptors (Lipinski definition) is 3. The first-order valence-electron chi connectivity index (χ1n) is 5.88. The number of carbonyl (C=O) groups is 1. The Morgan fingerprint density at radius 3 is 2.55 bits per heavy atom. The Kier molecular flexibility index (Phi) is 3.65. The molecule has 0 fully saturated rings. The zero-order chi connectivity index (χ0) is 14.9. The minimum atomic E-state index is -3.81. The number of nitrogens with two attached hydrogens (primary N) is 1. The van der Waals surface area contributed by atoms with E-state index in [0.717, 1.165) is 9.54 Å². The van der Waals surface area contributed by atoms with Gasteiger partial charge in [0, 0.05) is 30.1 Å². The molecule has 1 heterocycles. The van der Waals surface area contributed by atoms with Crippen LogP contribution in [0.3, 0.4) is 0 Å². The summed E-state index contributed by atoms with van der Waals surface area (Å²) < 4.78 is 23.8. The fourth-order valence-corrected chi connectivity index (χ4v) is 2.76. The number of rotatable bonds is 3. The lowest BCUT2D eigenvalue weighted by atomic mass is 10.0. The Labute approximate surface area is 117 Å². The molecule has 0 saturated carbocycles. The highest BCUT2D eigenvalue weighted by molar-refractivity contribution is 7.87. The standard InChI is InChI=1S/C13H15N3O3S/c1-9-12(6-7-16(9)20(14,18)19)10-4-3-5-11(8-10)13(17)15-2/h3-8H,1-2H3,(H,15,17)(H2,14,18,19). The number of hydrogen-bond donors (Lipinski definition) is 2. The smallest absolute Gasteiger partial charge is 0.302 e. The highest BCUT2D eigenvalue weighted by atomic mass is 32.2. The molecule has 0 aliphatic heterocycles. The van der Waals surface area contributed by atoms with Gasteiger partial charge in [0.25, 0.3) is 5.91 Å². The number of aromatic nitrogens is 1. The summed E-state index contributed by atoms with van der Waals surface area (Å²) in [5.41, 5.74) is 2.48. The average Bonchev–Trinajstić information content (AvgIpc) is 2.79. The van der Waals surface area contributed by atoms with Gasteiger partial charge >= 0.3 is 10.2 Å². The zero-order valence-electron chi connectivity index (χ0n) is 11.1. The summed E-state index contributed by atoms with van der Waals surface area (Å²) in [5.74, 6) is -0.199. The second-order valence-electron chi connectivity index (χ2n) is 4.32. The van der Waals surface area contributed by atoms with E-state index in [9.17, 15) is 13.2 Å². The fraction of sp³-hybridized carbons (Fsp3) is 0.154. The molecule has 2 rings (SSSR count). The van der Waals surface area contributed by atoms with Crippen molar-refractivity contribution < 1.29 is 13.2 Å². The molecular formula is C13H15N3O3S. The van der Waals surface area contributed by atoms with Gasteiger partial charge in [-0.25, -0.2) is 9.11 Å². The van der Waals surface area contributed by atoms with Gasteiger partial charge < -0.3 is 5.32 Å². The third-order valence-electron chi connectivity index (χ3n) is 3.03. The molecule has 106 valence electrons. The minimum absolute atomic E-state index is 0.199. The summed E-state index contributed by atoms with van der Waals surface area (Å²) in [7, 11) is -2.26. The Morgan fingerprint density at radius 1 is 1.30 bits per heavy atom. The first kappa shape index (κ1) is 14.3. The van der Waals surface area contributed by atoms with Gasteiger partial charge in [0.15, 0.2) is 0 Å². The van der Waals surface area contributed by atoms with Crippen molar-refractivity contribution in [1.29, 1.82) is 0 Å². The van der Waals surface area contributed by atoms with Crippen molar-refractivity contribution in [2.24, 2.45) is 5.14 Å². The zero-order valence-corrected chi connectivity index (χ0v) is 11.9. The maximum Gasteiger partial charge on any atom is 0.302 e. The van der Waals surface area contributed by atoms with Crippen LogP contribution in [0.15, 0.2) is 36.5 Å². The van der Waals surface area contributed by atoms with Crippen LogP contribution in [0.25, 0.3) is 11.1 Å². The van der Waals surface area contributed by atoms with E-state index in [1.165, 1.54) is 6.20 Å². The number of nitrogens with one attached hydrogen (secondary N) is 1. The second kappa shape index (κ2) is 5.10. The van der Waals surface area contributed by atoms with Crippen molar-refractivity contribution in [2.75, 3.05) is 7.05 Å². The SMILES string of the molecule is CNC(=O)c1cccc(-c2ccn(S(N)(=O)=O)c2C)c1. The molecule has 0 aliphatic carbocycles. The average molecular weight is 293 g/mol. The summed E-state index contributed by atoms with van der Waals surface area (Å²) in [4.78, 5) is 11.6. The van der Waals surface area contributed by atoms with Crippen molar-refractivity contribution in [3.05, 3.63) is 47.8 Å². The highest BCUT2D eigenvalue weighted by Gasteiger charge is 2.14. The van der Waals surface area contributed by atoms with Crippen LogP contribution in [0.1, 0.15) is 16.1 Å². The van der Waals surface area contributed by atoms with Gasteiger partial charge in [0.1, 0.15) is 0 Å². The van der Waals surface area contributed by atoms with Crippen LogP contribution in [-0.4, -0.2) is 25.3 Å². The molecule has 1 aromatic heterocycles. The van der Waals surface area contributed by atoms with Crippen molar-refractivity contribution >= 4 is 16.1 Å². The number of amides is 1. The van der Waals surface area contributed by atoms with Gasteiger partial charge in [-0.1, -0.05) is 12.1 Å². The number of benzene rings is 1. The Balaban J connectivity index is 2.53. The molecule has 0 unspecified atom stereocenters. The molecule has 3 N–H and O–H groups in total. The maximum atomic E-state index is 11.6. The van der Waals surface area contributed by atoms with Crippen LogP contribution in [0, 0.1) is 6.92 Å². The molecule has 0 bridgehead atoms. The molecule has 0 aliphatic rings.